The summed E-state index contributed by atoms with van der Waals surface area (Å²) in [5.74, 6) is -3.67. The Balaban J connectivity index is 2.63. The molecule has 1 aliphatic rings. The summed E-state index contributed by atoms with van der Waals surface area (Å²) in [5, 5.41) is 10.5. The van der Waals surface area contributed by atoms with Gasteiger partial charge in [-0.15, -0.1) is 0 Å². The zero-order valence-corrected chi connectivity index (χ0v) is 9.54. The highest BCUT2D eigenvalue weighted by molar-refractivity contribution is 5.94. The van der Waals surface area contributed by atoms with E-state index in [4.69, 9.17) is 5.11 Å². The molecule has 1 saturated carbocycles. The predicted octanol–water partition coefficient (Wildman–Crippen LogP) is 1.86. The van der Waals surface area contributed by atoms with Crippen molar-refractivity contribution in [2.45, 2.75) is 37.9 Å². The maximum absolute atomic E-state index is 12.7. The molecule has 0 spiro atoms. The molecule has 7 heteroatoms. The summed E-state index contributed by atoms with van der Waals surface area (Å²) in [6.45, 7) is 0. The van der Waals surface area contributed by atoms with Crippen molar-refractivity contribution in [3.63, 3.8) is 0 Å². The van der Waals surface area contributed by atoms with Crippen molar-refractivity contribution >= 4 is 11.9 Å². The largest absolute Gasteiger partial charge is 0.478 e. The molecule has 0 aromatic carbocycles. The Bertz CT molecular complexity index is 352. The lowest BCUT2D eigenvalue weighted by molar-refractivity contribution is -0.189. The van der Waals surface area contributed by atoms with Crippen molar-refractivity contribution in [1.82, 2.24) is 5.32 Å². The van der Waals surface area contributed by atoms with E-state index in [0.717, 1.165) is 6.08 Å². The van der Waals surface area contributed by atoms with Gasteiger partial charge in [0.05, 0.1) is 5.92 Å². The lowest BCUT2D eigenvalue weighted by atomic mass is 9.84. The van der Waals surface area contributed by atoms with Crippen LogP contribution in [0.5, 0.6) is 0 Å². The van der Waals surface area contributed by atoms with Gasteiger partial charge in [-0.2, -0.15) is 13.2 Å². The van der Waals surface area contributed by atoms with Crippen LogP contribution >= 0.6 is 0 Å². The van der Waals surface area contributed by atoms with Gasteiger partial charge in [0.25, 0.3) is 0 Å². The van der Waals surface area contributed by atoms with Gasteiger partial charge in [-0.3, -0.25) is 4.79 Å². The summed E-state index contributed by atoms with van der Waals surface area (Å²) >= 11 is 0. The number of hydrogen-bond donors (Lipinski definition) is 2. The summed E-state index contributed by atoms with van der Waals surface area (Å²) < 4.78 is 38.1. The molecule has 0 saturated heterocycles. The van der Waals surface area contributed by atoms with Crippen LogP contribution in [0.1, 0.15) is 25.7 Å². The summed E-state index contributed by atoms with van der Waals surface area (Å²) in [5.41, 5.74) is 0. The number of carboxylic acid groups (broad SMARTS) is 1. The molecule has 0 heterocycles. The first-order valence-corrected chi connectivity index (χ1v) is 5.59. The maximum atomic E-state index is 12.7. The Morgan fingerprint density at radius 2 is 1.78 bits per heavy atom. The van der Waals surface area contributed by atoms with Gasteiger partial charge in [-0.25, -0.2) is 4.79 Å². The fourth-order valence-corrected chi connectivity index (χ4v) is 2.07. The van der Waals surface area contributed by atoms with Crippen molar-refractivity contribution in [3.05, 3.63) is 12.2 Å². The number of halogens is 3. The molecule has 2 atom stereocenters. The molecule has 1 rings (SSSR count). The van der Waals surface area contributed by atoms with E-state index in [2.05, 4.69) is 5.32 Å². The third kappa shape index (κ3) is 4.38. The van der Waals surface area contributed by atoms with Gasteiger partial charge in [-0.1, -0.05) is 12.8 Å². The molecule has 18 heavy (non-hydrogen) atoms. The molecule has 1 amide bonds. The zero-order valence-electron chi connectivity index (χ0n) is 9.54. The third-order valence-corrected chi connectivity index (χ3v) is 2.89. The number of amides is 1. The molecule has 4 nitrogen and oxygen atoms in total. The smallest absolute Gasteiger partial charge is 0.393 e. The maximum Gasteiger partial charge on any atom is 0.393 e. The molecule has 0 aromatic rings. The summed E-state index contributed by atoms with van der Waals surface area (Å²) in [4.78, 5) is 21.4. The van der Waals surface area contributed by atoms with Crippen LogP contribution in [-0.2, 0) is 9.59 Å². The van der Waals surface area contributed by atoms with Crippen LogP contribution in [0.2, 0.25) is 0 Å². The topological polar surface area (TPSA) is 66.4 Å². The van der Waals surface area contributed by atoms with Crippen molar-refractivity contribution < 1.29 is 27.9 Å². The Morgan fingerprint density at radius 1 is 1.17 bits per heavy atom. The van der Waals surface area contributed by atoms with Crippen molar-refractivity contribution in [2.24, 2.45) is 5.92 Å². The number of alkyl halides is 3. The molecular weight excluding hydrogens is 251 g/mol. The second kappa shape index (κ2) is 5.88. The first kappa shape index (κ1) is 14.5. The zero-order chi connectivity index (χ0) is 13.8. The van der Waals surface area contributed by atoms with Gasteiger partial charge < -0.3 is 10.4 Å². The lowest BCUT2D eigenvalue weighted by Gasteiger charge is -2.33. The van der Waals surface area contributed by atoms with Crippen molar-refractivity contribution in [3.8, 4) is 0 Å². The summed E-state index contributed by atoms with van der Waals surface area (Å²) in [6, 6.07) is -0.968. The molecule has 2 N–H and O–H groups in total. The van der Waals surface area contributed by atoms with E-state index in [1.165, 1.54) is 0 Å². The molecule has 102 valence electrons. The van der Waals surface area contributed by atoms with Crippen LogP contribution < -0.4 is 5.32 Å². The fourth-order valence-electron chi connectivity index (χ4n) is 2.07. The van der Waals surface area contributed by atoms with Crippen LogP contribution in [0.25, 0.3) is 0 Å². The quantitative estimate of drug-likeness (QED) is 0.765. The normalized spacial score (nSPS) is 25.1. The Kier molecular flexibility index (Phi) is 4.75. The summed E-state index contributed by atoms with van der Waals surface area (Å²) in [6.07, 6.45) is -1.64. The number of rotatable bonds is 3. The highest BCUT2D eigenvalue weighted by Crippen LogP contribution is 2.37. The molecule has 0 radical (unpaired) electrons. The number of carbonyl (C=O) groups is 2. The van der Waals surface area contributed by atoms with E-state index in [9.17, 15) is 22.8 Å². The average molecular weight is 265 g/mol. The van der Waals surface area contributed by atoms with Gasteiger partial charge in [0.2, 0.25) is 5.91 Å². The van der Waals surface area contributed by atoms with Gasteiger partial charge in [0.15, 0.2) is 0 Å². The minimum atomic E-state index is -4.34. The highest BCUT2D eigenvalue weighted by Gasteiger charge is 2.45. The average Bonchev–Trinajstić information content (AvgIpc) is 2.25. The molecular formula is C11H14F3NO3. The predicted molar refractivity (Wildman–Crippen MR) is 56.7 cm³/mol. The molecule has 2 unspecified atom stereocenters. The molecule has 0 aliphatic heterocycles. The van der Waals surface area contributed by atoms with Gasteiger partial charge >= 0.3 is 12.1 Å². The van der Waals surface area contributed by atoms with E-state index >= 15 is 0 Å². The van der Waals surface area contributed by atoms with Gasteiger partial charge in [0, 0.05) is 18.2 Å². The first-order chi connectivity index (χ1) is 8.30. The number of nitrogens with one attached hydrogen (secondary N) is 1. The first-order valence-electron chi connectivity index (χ1n) is 5.59. The van der Waals surface area contributed by atoms with E-state index in [1.807, 2.05) is 0 Å². The fraction of sp³-hybridized carbons (Fsp3) is 0.636. The second-order valence-electron chi connectivity index (χ2n) is 4.22. The van der Waals surface area contributed by atoms with Crippen molar-refractivity contribution in [2.75, 3.05) is 0 Å². The number of carboxylic acids is 1. The molecule has 0 bridgehead atoms. The monoisotopic (exact) mass is 265 g/mol. The summed E-state index contributed by atoms with van der Waals surface area (Å²) in [7, 11) is 0. The van der Waals surface area contributed by atoms with Crippen LogP contribution in [0.4, 0.5) is 13.2 Å². The van der Waals surface area contributed by atoms with E-state index in [-0.39, 0.29) is 12.8 Å². The Labute approximate surface area is 102 Å². The third-order valence-electron chi connectivity index (χ3n) is 2.89. The van der Waals surface area contributed by atoms with E-state index < -0.39 is 30.0 Å². The minimum absolute atomic E-state index is 0.00289. The lowest BCUT2D eigenvalue weighted by Crippen LogP contribution is -2.47. The SMILES string of the molecule is O=C(O)/C=C/C(=O)NC1CCCCC1C(F)(F)F. The molecule has 0 aromatic heterocycles. The van der Waals surface area contributed by atoms with Crippen LogP contribution in [0, 0.1) is 5.92 Å². The van der Waals surface area contributed by atoms with Gasteiger partial charge in [-0.05, 0) is 12.8 Å². The minimum Gasteiger partial charge on any atom is -0.478 e. The number of hydrogen-bond acceptors (Lipinski definition) is 2. The van der Waals surface area contributed by atoms with E-state index in [1.54, 1.807) is 0 Å². The molecule has 1 fully saturated rings. The van der Waals surface area contributed by atoms with Crippen LogP contribution in [0.3, 0.4) is 0 Å². The number of aliphatic carboxylic acids is 1. The van der Waals surface area contributed by atoms with Crippen molar-refractivity contribution in [1.29, 1.82) is 0 Å². The van der Waals surface area contributed by atoms with E-state index in [0.29, 0.717) is 18.9 Å². The van der Waals surface area contributed by atoms with Crippen LogP contribution in [-0.4, -0.2) is 29.2 Å². The van der Waals surface area contributed by atoms with Gasteiger partial charge in [0.1, 0.15) is 0 Å². The standard InChI is InChI=1S/C11H14F3NO3/c12-11(13,14)7-3-1-2-4-8(7)15-9(16)5-6-10(17)18/h5-8H,1-4H2,(H,15,16)(H,17,18)/b6-5+. The highest BCUT2D eigenvalue weighted by atomic mass is 19.4. The number of carbonyl (C=O) groups excluding carboxylic acids is 1. The Morgan fingerprint density at radius 3 is 2.33 bits per heavy atom. The molecule has 1 aliphatic carbocycles. The van der Waals surface area contributed by atoms with Crippen LogP contribution in [0.15, 0.2) is 12.2 Å². The second-order valence-corrected chi connectivity index (χ2v) is 4.22. The Hall–Kier alpha value is -1.53.